The fourth-order valence-corrected chi connectivity index (χ4v) is 1.90. The van der Waals surface area contributed by atoms with Crippen molar-refractivity contribution in [3.63, 3.8) is 0 Å². The Bertz CT molecular complexity index is 811. The van der Waals surface area contributed by atoms with Crippen molar-refractivity contribution >= 4 is 17.8 Å². The number of halogens is 1. The SMILES string of the molecule is ON(O)c1ccc(-c2nc(/C=C/c3ccc(F)cc3)no2)cc1. The van der Waals surface area contributed by atoms with E-state index in [9.17, 15) is 4.39 Å². The smallest absolute Gasteiger partial charge is 0.258 e. The van der Waals surface area contributed by atoms with Crippen LogP contribution in [0.15, 0.2) is 53.1 Å². The van der Waals surface area contributed by atoms with Crippen molar-refractivity contribution < 1.29 is 19.3 Å². The number of anilines is 1. The Morgan fingerprint density at radius 2 is 1.65 bits per heavy atom. The van der Waals surface area contributed by atoms with Gasteiger partial charge in [-0.3, -0.25) is 10.4 Å². The van der Waals surface area contributed by atoms with E-state index in [1.807, 2.05) is 0 Å². The second kappa shape index (κ2) is 6.39. The molecule has 3 aromatic rings. The van der Waals surface area contributed by atoms with Gasteiger partial charge in [-0.15, -0.1) is 5.23 Å². The van der Waals surface area contributed by atoms with Crippen LogP contribution in [-0.2, 0) is 0 Å². The summed E-state index contributed by atoms with van der Waals surface area (Å²) in [7, 11) is 0. The highest BCUT2D eigenvalue weighted by molar-refractivity contribution is 5.67. The molecule has 0 aliphatic heterocycles. The highest BCUT2D eigenvalue weighted by atomic mass is 19.1. The molecule has 0 spiro atoms. The summed E-state index contributed by atoms with van der Waals surface area (Å²) in [6.45, 7) is 0. The fraction of sp³-hybridized carbons (Fsp3) is 0. The van der Waals surface area contributed by atoms with Crippen molar-refractivity contribution in [3.8, 4) is 11.5 Å². The van der Waals surface area contributed by atoms with Crippen LogP contribution in [0.4, 0.5) is 10.1 Å². The molecule has 0 bridgehead atoms. The van der Waals surface area contributed by atoms with E-state index in [0.717, 1.165) is 5.56 Å². The number of rotatable bonds is 4. The zero-order chi connectivity index (χ0) is 16.2. The topological polar surface area (TPSA) is 82.6 Å². The van der Waals surface area contributed by atoms with Crippen LogP contribution in [0.5, 0.6) is 0 Å². The van der Waals surface area contributed by atoms with Crippen LogP contribution >= 0.6 is 0 Å². The summed E-state index contributed by atoms with van der Waals surface area (Å²) in [6.07, 6.45) is 3.39. The summed E-state index contributed by atoms with van der Waals surface area (Å²) in [4.78, 5) is 4.21. The molecule has 0 saturated heterocycles. The van der Waals surface area contributed by atoms with Crippen molar-refractivity contribution in [3.05, 3.63) is 65.7 Å². The summed E-state index contributed by atoms with van der Waals surface area (Å²) in [5.74, 6) is 0.383. The summed E-state index contributed by atoms with van der Waals surface area (Å²) in [6, 6.07) is 12.2. The third-order valence-corrected chi connectivity index (χ3v) is 3.08. The minimum absolute atomic E-state index is 0.0223. The van der Waals surface area contributed by atoms with Gasteiger partial charge in [-0.1, -0.05) is 23.4 Å². The van der Waals surface area contributed by atoms with Crippen LogP contribution in [-0.4, -0.2) is 20.6 Å². The average Bonchev–Trinajstić information content (AvgIpc) is 3.03. The molecule has 3 rings (SSSR count). The monoisotopic (exact) mass is 313 g/mol. The lowest BCUT2D eigenvalue weighted by molar-refractivity contribution is 0.0291. The molecular formula is C16H12FN3O3. The first-order chi connectivity index (χ1) is 11.1. The van der Waals surface area contributed by atoms with Crippen LogP contribution in [0.25, 0.3) is 23.6 Å². The van der Waals surface area contributed by atoms with E-state index in [0.29, 0.717) is 17.3 Å². The predicted octanol–water partition coefficient (Wildman–Crippen LogP) is 3.63. The van der Waals surface area contributed by atoms with Crippen molar-refractivity contribution in [1.29, 1.82) is 0 Å². The predicted molar refractivity (Wildman–Crippen MR) is 81.1 cm³/mol. The van der Waals surface area contributed by atoms with E-state index in [-0.39, 0.29) is 16.7 Å². The minimum atomic E-state index is -0.295. The number of hydrogen-bond donors (Lipinski definition) is 2. The minimum Gasteiger partial charge on any atom is -0.334 e. The first-order valence-electron chi connectivity index (χ1n) is 6.67. The standard InChI is InChI=1S/C16H12FN3O3/c17-13-6-1-11(2-7-13)3-10-15-18-16(23-19-15)12-4-8-14(9-5-12)20(21)22/h1-10,21-22H/b10-3+. The Kier molecular flexibility index (Phi) is 4.13. The van der Waals surface area contributed by atoms with Gasteiger partial charge in [0, 0.05) is 5.56 Å². The number of aromatic nitrogens is 2. The maximum atomic E-state index is 12.8. The molecule has 7 heteroatoms. The van der Waals surface area contributed by atoms with E-state index < -0.39 is 0 Å². The molecule has 0 atom stereocenters. The summed E-state index contributed by atoms with van der Waals surface area (Å²) in [5, 5.41) is 21.6. The number of nitrogens with zero attached hydrogens (tertiary/aromatic N) is 3. The molecule has 116 valence electrons. The van der Waals surface area contributed by atoms with E-state index in [1.54, 1.807) is 36.4 Å². The molecule has 0 aliphatic carbocycles. The maximum absolute atomic E-state index is 12.8. The third-order valence-electron chi connectivity index (χ3n) is 3.08. The van der Waals surface area contributed by atoms with Gasteiger partial charge >= 0.3 is 0 Å². The summed E-state index contributed by atoms with van der Waals surface area (Å²) in [5.41, 5.74) is 1.67. The van der Waals surface area contributed by atoms with Gasteiger partial charge in [0.2, 0.25) is 0 Å². The molecule has 23 heavy (non-hydrogen) atoms. The van der Waals surface area contributed by atoms with Gasteiger partial charge in [0.15, 0.2) is 5.82 Å². The Balaban J connectivity index is 1.76. The lowest BCUT2D eigenvalue weighted by Crippen LogP contribution is -2.10. The number of hydrogen-bond acceptors (Lipinski definition) is 6. The molecule has 0 radical (unpaired) electrons. The van der Waals surface area contributed by atoms with E-state index in [2.05, 4.69) is 10.1 Å². The van der Waals surface area contributed by atoms with Crippen molar-refractivity contribution in [2.45, 2.75) is 0 Å². The Hall–Kier alpha value is -3.03. The third kappa shape index (κ3) is 3.60. The molecule has 6 nitrogen and oxygen atoms in total. The molecule has 0 fully saturated rings. The zero-order valence-electron chi connectivity index (χ0n) is 11.8. The van der Waals surface area contributed by atoms with Crippen LogP contribution in [0.1, 0.15) is 11.4 Å². The molecule has 0 aliphatic rings. The Labute approximate surface area is 130 Å². The quantitative estimate of drug-likeness (QED) is 0.716. The highest BCUT2D eigenvalue weighted by Crippen LogP contribution is 2.21. The molecule has 2 aromatic carbocycles. The van der Waals surface area contributed by atoms with Gasteiger partial charge in [0.05, 0.1) is 5.69 Å². The lowest BCUT2D eigenvalue weighted by Gasteiger charge is -2.06. The fourth-order valence-electron chi connectivity index (χ4n) is 1.90. The summed E-state index contributed by atoms with van der Waals surface area (Å²) >= 11 is 0. The molecule has 0 unspecified atom stereocenters. The number of benzene rings is 2. The lowest BCUT2D eigenvalue weighted by atomic mass is 10.2. The van der Waals surface area contributed by atoms with Crippen molar-refractivity contribution in [1.82, 2.24) is 10.1 Å². The van der Waals surface area contributed by atoms with Gasteiger partial charge in [-0.25, -0.2) is 4.39 Å². The van der Waals surface area contributed by atoms with E-state index in [1.165, 1.54) is 24.3 Å². The molecule has 1 heterocycles. The van der Waals surface area contributed by atoms with Gasteiger partial charge in [-0.05, 0) is 48.0 Å². The first kappa shape index (κ1) is 14.9. The van der Waals surface area contributed by atoms with Crippen molar-refractivity contribution in [2.24, 2.45) is 0 Å². The highest BCUT2D eigenvalue weighted by Gasteiger charge is 2.08. The molecule has 0 amide bonds. The maximum Gasteiger partial charge on any atom is 0.258 e. The van der Waals surface area contributed by atoms with Gasteiger partial charge < -0.3 is 4.52 Å². The van der Waals surface area contributed by atoms with Crippen LogP contribution in [0, 0.1) is 5.82 Å². The van der Waals surface area contributed by atoms with Crippen LogP contribution in [0.3, 0.4) is 0 Å². The molecular weight excluding hydrogens is 301 g/mol. The van der Waals surface area contributed by atoms with Gasteiger partial charge in [0.25, 0.3) is 5.89 Å². The average molecular weight is 313 g/mol. The Morgan fingerprint density at radius 3 is 2.30 bits per heavy atom. The first-order valence-corrected chi connectivity index (χ1v) is 6.67. The largest absolute Gasteiger partial charge is 0.334 e. The Morgan fingerprint density at radius 1 is 0.957 bits per heavy atom. The summed E-state index contributed by atoms with van der Waals surface area (Å²) < 4.78 is 18.0. The van der Waals surface area contributed by atoms with Gasteiger partial charge in [-0.2, -0.15) is 4.98 Å². The normalized spacial score (nSPS) is 11.1. The second-order valence-corrected chi connectivity index (χ2v) is 4.68. The molecule has 0 saturated carbocycles. The van der Waals surface area contributed by atoms with Gasteiger partial charge in [0.1, 0.15) is 5.82 Å². The molecule has 2 N–H and O–H groups in total. The second-order valence-electron chi connectivity index (χ2n) is 4.68. The van der Waals surface area contributed by atoms with E-state index in [4.69, 9.17) is 14.9 Å². The van der Waals surface area contributed by atoms with E-state index >= 15 is 0 Å². The molecule has 1 aromatic heterocycles. The van der Waals surface area contributed by atoms with Crippen molar-refractivity contribution in [2.75, 3.05) is 5.23 Å². The van der Waals surface area contributed by atoms with Crippen LogP contribution in [0.2, 0.25) is 0 Å². The zero-order valence-corrected chi connectivity index (χ0v) is 11.8. The van der Waals surface area contributed by atoms with Crippen LogP contribution < -0.4 is 5.23 Å².